The first-order chi connectivity index (χ1) is 11.9. The highest BCUT2D eigenvalue weighted by molar-refractivity contribution is 5.97. The van der Waals surface area contributed by atoms with Crippen LogP contribution in [0.5, 0.6) is 11.5 Å². The molecule has 138 valence electrons. The largest absolute Gasteiger partial charge is 0.497 e. The van der Waals surface area contributed by atoms with Crippen molar-refractivity contribution in [2.75, 3.05) is 13.7 Å². The van der Waals surface area contributed by atoms with Crippen LogP contribution < -0.4 is 14.8 Å². The van der Waals surface area contributed by atoms with Gasteiger partial charge in [-0.1, -0.05) is 19.3 Å². The normalized spacial score (nSPS) is 16.3. The van der Waals surface area contributed by atoms with E-state index in [9.17, 15) is 14.7 Å². The Morgan fingerprint density at radius 2 is 1.92 bits per heavy atom. The molecule has 0 bridgehead atoms. The minimum Gasteiger partial charge on any atom is -0.497 e. The molecule has 0 radical (unpaired) electrons. The molecule has 1 saturated carbocycles. The second kappa shape index (κ2) is 8.23. The average Bonchev–Trinajstić information content (AvgIpc) is 2.59. The van der Waals surface area contributed by atoms with E-state index in [0.29, 0.717) is 29.9 Å². The van der Waals surface area contributed by atoms with Crippen LogP contribution in [0.15, 0.2) is 18.2 Å². The molecule has 1 fully saturated rings. The fraction of sp³-hybridized carbons (Fsp3) is 0.579. The number of amides is 1. The molecular weight excluding hydrogens is 322 g/mol. The Kier molecular flexibility index (Phi) is 6.28. The Bertz CT molecular complexity index is 620. The molecule has 1 aliphatic carbocycles. The van der Waals surface area contributed by atoms with Gasteiger partial charge in [0.05, 0.1) is 24.2 Å². The molecule has 1 aliphatic rings. The van der Waals surface area contributed by atoms with Crippen LogP contribution in [0, 0.1) is 5.41 Å². The summed E-state index contributed by atoms with van der Waals surface area (Å²) >= 11 is 0. The summed E-state index contributed by atoms with van der Waals surface area (Å²) in [6.07, 6.45) is 3.91. The highest BCUT2D eigenvalue weighted by Gasteiger charge is 2.40. The van der Waals surface area contributed by atoms with Gasteiger partial charge < -0.3 is 19.9 Å². The quantitative estimate of drug-likeness (QED) is 0.789. The summed E-state index contributed by atoms with van der Waals surface area (Å²) in [6.45, 7) is 3.89. The Labute approximate surface area is 148 Å². The predicted molar refractivity (Wildman–Crippen MR) is 94.2 cm³/mol. The smallest absolute Gasteiger partial charge is 0.311 e. The molecule has 6 heteroatoms. The van der Waals surface area contributed by atoms with Crippen molar-refractivity contribution in [3.05, 3.63) is 23.8 Å². The van der Waals surface area contributed by atoms with Gasteiger partial charge in [0, 0.05) is 12.6 Å². The molecule has 25 heavy (non-hydrogen) atoms. The maximum atomic E-state index is 12.6. The minimum atomic E-state index is -0.862. The SMILES string of the molecule is COc1ccc(C(=O)NCC2(C(=O)O)CCCCC2)c(OC(C)C)c1. The topological polar surface area (TPSA) is 84.9 Å². The number of carboxylic acids is 1. The molecule has 0 saturated heterocycles. The predicted octanol–water partition coefficient (Wildman–Crippen LogP) is 3.25. The maximum absolute atomic E-state index is 12.6. The van der Waals surface area contributed by atoms with Gasteiger partial charge in [-0.3, -0.25) is 9.59 Å². The number of hydrogen-bond donors (Lipinski definition) is 2. The van der Waals surface area contributed by atoms with Crippen molar-refractivity contribution in [3.63, 3.8) is 0 Å². The number of aliphatic carboxylic acids is 1. The zero-order valence-electron chi connectivity index (χ0n) is 15.1. The number of carbonyl (C=O) groups excluding carboxylic acids is 1. The monoisotopic (exact) mass is 349 g/mol. The average molecular weight is 349 g/mol. The number of carboxylic acid groups (broad SMARTS) is 1. The second-order valence-electron chi connectivity index (χ2n) is 6.86. The lowest BCUT2D eigenvalue weighted by atomic mass is 9.74. The molecule has 1 aromatic rings. The van der Waals surface area contributed by atoms with Gasteiger partial charge in [0.1, 0.15) is 11.5 Å². The number of methoxy groups -OCH3 is 1. The summed E-state index contributed by atoms with van der Waals surface area (Å²) in [4.78, 5) is 24.4. The van der Waals surface area contributed by atoms with Gasteiger partial charge in [-0.05, 0) is 38.8 Å². The van der Waals surface area contributed by atoms with E-state index in [2.05, 4.69) is 5.32 Å². The molecule has 0 spiro atoms. The van der Waals surface area contributed by atoms with Crippen LogP contribution in [0.3, 0.4) is 0 Å². The van der Waals surface area contributed by atoms with Gasteiger partial charge in [-0.15, -0.1) is 0 Å². The van der Waals surface area contributed by atoms with Crippen molar-refractivity contribution in [1.29, 1.82) is 0 Å². The number of hydrogen-bond acceptors (Lipinski definition) is 4. The first-order valence-electron chi connectivity index (χ1n) is 8.74. The van der Waals surface area contributed by atoms with Crippen molar-refractivity contribution in [2.24, 2.45) is 5.41 Å². The molecule has 0 aliphatic heterocycles. The lowest BCUT2D eigenvalue weighted by molar-refractivity contribution is -0.150. The van der Waals surface area contributed by atoms with Gasteiger partial charge in [0.15, 0.2) is 0 Å². The third kappa shape index (κ3) is 4.65. The summed E-state index contributed by atoms with van der Waals surface area (Å²) in [5.41, 5.74) is -0.481. The van der Waals surface area contributed by atoms with E-state index in [0.717, 1.165) is 19.3 Å². The molecule has 0 aromatic heterocycles. The van der Waals surface area contributed by atoms with Crippen molar-refractivity contribution in [1.82, 2.24) is 5.32 Å². The standard InChI is InChI=1S/C19H27NO5/c1-13(2)25-16-11-14(24-3)7-8-15(16)17(21)20-12-19(18(22)23)9-5-4-6-10-19/h7-8,11,13H,4-6,9-10,12H2,1-3H3,(H,20,21)(H,22,23). The van der Waals surface area contributed by atoms with Crippen molar-refractivity contribution in [3.8, 4) is 11.5 Å². The summed E-state index contributed by atoms with van der Waals surface area (Å²) in [6, 6.07) is 5.00. The first-order valence-corrected chi connectivity index (χ1v) is 8.74. The van der Waals surface area contributed by atoms with Gasteiger partial charge >= 0.3 is 5.97 Å². The Balaban J connectivity index is 2.15. The Morgan fingerprint density at radius 3 is 2.48 bits per heavy atom. The fourth-order valence-electron chi connectivity index (χ4n) is 3.21. The minimum absolute atomic E-state index is 0.0950. The zero-order valence-corrected chi connectivity index (χ0v) is 15.1. The highest BCUT2D eigenvalue weighted by Crippen LogP contribution is 2.36. The van der Waals surface area contributed by atoms with Gasteiger partial charge in [0.2, 0.25) is 0 Å². The molecule has 0 heterocycles. The number of rotatable bonds is 7. The third-order valence-corrected chi connectivity index (χ3v) is 4.65. The van der Waals surface area contributed by atoms with Crippen LogP contribution in [0.25, 0.3) is 0 Å². The van der Waals surface area contributed by atoms with Crippen LogP contribution in [-0.4, -0.2) is 36.7 Å². The van der Waals surface area contributed by atoms with Crippen LogP contribution >= 0.6 is 0 Å². The van der Waals surface area contributed by atoms with E-state index in [4.69, 9.17) is 9.47 Å². The molecule has 0 unspecified atom stereocenters. The van der Waals surface area contributed by atoms with E-state index in [1.54, 1.807) is 25.3 Å². The molecule has 2 rings (SSSR count). The van der Waals surface area contributed by atoms with E-state index in [1.165, 1.54) is 0 Å². The summed E-state index contributed by atoms with van der Waals surface area (Å²) in [5.74, 6) is -0.133. The van der Waals surface area contributed by atoms with E-state index in [-0.39, 0.29) is 18.6 Å². The zero-order chi connectivity index (χ0) is 18.4. The molecule has 0 atom stereocenters. The van der Waals surface area contributed by atoms with Gasteiger partial charge in [-0.25, -0.2) is 0 Å². The van der Waals surface area contributed by atoms with E-state index < -0.39 is 11.4 Å². The Hall–Kier alpha value is -2.24. The van der Waals surface area contributed by atoms with Crippen LogP contribution in [-0.2, 0) is 4.79 Å². The number of nitrogens with one attached hydrogen (secondary N) is 1. The summed E-state index contributed by atoms with van der Waals surface area (Å²) in [7, 11) is 1.55. The second-order valence-corrected chi connectivity index (χ2v) is 6.86. The number of benzene rings is 1. The highest BCUT2D eigenvalue weighted by atomic mass is 16.5. The lowest BCUT2D eigenvalue weighted by Crippen LogP contribution is -2.44. The van der Waals surface area contributed by atoms with Crippen LogP contribution in [0.2, 0.25) is 0 Å². The van der Waals surface area contributed by atoms with E-state index >= 15 is 0 Å². The summed E-state index contributed by atoms with van der Waals surface area (Å²) in [5, 5.41) is 12.4. The molecule has 1 aromatic carbocycles. The fourth-order valence-corrected chi connectivity index (χ4v) is 3.21. The maximum Gasteiger partial charge on any atom is 0.311 e. The van der Waals surface area contributed by atoms with E-state index in [1.807, 2.05) is 13.8 Å². The van der Waals surface area contributed by atoms with Crippen molar-refractivity contribution >= 4 is 11.9 Å². The number of carbonyl (C=O) groups is 2. The van der Waals surface area contributed by atoms with Gasteiger partial charge in [0.25, 0.3) is 5.91 Å². The van der Waals surface area contributed by atoms with Crippen molar-refractivity contribution in [2.45, 2.75) is 52.1 Å². The van der Waals surface area contributed by atoms with Crippen molar-refractivity contribution < 1.29 is 24.2 Å². The van der Waals surface area contributed by atoms with Crippen LogP contribution in [0.4, 0.5) is 0 Å². The lowest BCUT2D eigenvalue weighted by Gasteiger charge is -2.33. The van der Waals surface area contributed by atoms with Crippen LogP contribution in [0.1, 0.15) is 56.3 Å². The molecule has 2 N–H and O–H groups in total. The molecule has 1 amide bonds. The molecular formula is C19H27NO5. The third-order valence-electron chi connectivity index (χ3n) is 4.65. The first kappa shape index (κ1) is 19.1. The number of ether oxygens (including phenoxy) is 2. The molecule has 6 nitrogen and oxygen atoms in total. The van der Waals surface area contributed by atoms with Gasteiger partial charge in [-0.2, -0.15) is 0 Å². The summed E-state index contributed by atoms with van der Waals surface area (Å²) < 4.78 is 10.9. The Morgan fingerprint density at radius 1 is 1.24 bits per heavy atom.